The Hall–Kier alpha value is -0.790. The summed E-state index contributed by atoms with van der Waals surface area (Å²) in [5.74, 6) is 1.08. The van der Waals surface area contributed by atoms with Crippen LogP contribution >= 0.6 is 0 Å². The van der Waals surface area contributed by atoms with Gasteiger partial charge in [0.25, 0.3) is 0 Å². The standard InChI is InChI=1S/C9H12O2/c1-11-9(10)8-5-6-2-3-7(8)4-6/h5-7H,2-4H2,1H3/t6?,7-/m0/s1. The van der Waals surface area contributed by atoms with Crippen LogP contribution in [0.15, 0.2) is 11.6 Å². The zero-order chi connectivity index (χ0) is 7.84. The monoisotopic (exact) mass is 152 g/mol. The Labute approximate surface area is 66.2 Å². The number of fused-ring (bicyclic) bond motifs is 2. The molecule has 2 aliphatic carbocycles. The summed E-state index contributed by atoms with van der Waals surface area (Å²) in [5.41, 5.74) is 0.934. The average molecular weight is 152 g/mol. The fourth-order valence-corrected chi connectivity index (χ4v) is 2.19. The van der Waals surface area contributed by atoms with E-state index in [0.717, 1.165) is 5.57 Å². The molecule has 2 rings (SSSR count). The maximum atomic E-state index is 11.1. The lowest BCUT2D eigenvalue weighted by Crippen LogP contribution is -2.10. The second-order valence-electron chi connectivity index (χ2n) is 3.38. The van der Waals surface area contributed by atoms with Gasteiger partial charge < -0.3 is 4.74 Å². The molecule has 0 N–H and O–H groups in total. The van der Waals surface area contributed by atoms with Gasteiger partial charge in [0.05, 0.1) is 7.11 Å². The van der Waals surface area contributed by atoms with Crippen molar-refractivity contribution in [2.75, 3.05) is 7.11 Å². The van der Waals surface area contributed by atoms with Crippen LogP contribution in [0.3, 0.4) is 0 Å². The minimum atomic E-state index is -0.114. The van der Waals surface area contributed by atoms with Crippen molar-refractivity contribution < 1.29 is 9.53 Å². The number of carbonyl (C=O) groups excluding carboxylic acids is 1. The van der Waals surface area contributed by atoms with Crippen molar-refractivity contribution in [3.8, 4) is 0 Å². The summed E-state index contributed by atoms with van der Waals surface area (Å²) in [7, 11) is 1.45. The SMILES string of the molecule is COC(=O)C1=CC2CC[C@H]1C2. The molecule has 2 heteroatoms. The largest absolute Gasteiger partial charge is 0.466 e. The van der Waals surface area contributed by atoms with E-state index in [2.05, 4.69) is 10.8 Å². The van der Waals surface area contributed by atoms with E-state index in [-0.39, 0.29) is 5.97 Å². The van der Waals surface area contributed by atoms with E-state index in [4.69, 9.17) is 0 Å². The third-order valence-electron chi connectivity index (χ3n) is 2.75. The predicted octanol–water partition coefficient (Wildman–Crippen LogP) is 1.52. The van der Waals surface area contributed by atoms with E-state index in [1.54, 1.807) is 0 Å². The van der Waals surface area contributed by atoms with Crippen LogP contribution in [-0.2, 0) is 9.53 Å². The molecule has 0 amide bonds. The Kier molecular flexibility index (Phi) is 1.48. The summed E-state index contributed by atoms with van der Waals surface area (Å²) < 4.78 is 4.68. The molecule has 2 nitrogen and oxygen atoms in total. The van der Waals surface area contributed by atoms with Gasteiger partial charge in [-0.25, -0.2) is 4.79 Å². The molecule has 0 aliphatic heterocycles. The highest BCUT2D eigenvalue weighted by Gasteiger charge is 2.36. The van der Waals surface area contributed by atoms with Gasteiger partial charge in [-0.2, -0.15) is 0 Å². The van der Waals surface area contributed by atoms with Crippen LogP contribution in [0, 0.1) is 11.8 Å². The van der Waals surface area contributed by atoms with Crippen LogP contribution in [0.4, 0.5) is 0 Å². The van der Waals surface area contributed by atoms with Gasteiger partial charge >= 0.3 is 5.97 Å². The second kappa shape index (κ2) is 2.36. The third-order valence-corrected chi connectivity index (χ3v) is 2.75. The highest BCUT2D eigenvalue weighted by atomic mass is 16.5. The molecule has 1 saturated carbocycles. The molecule has 60 valence electrons. The van der Waals surface area contributed by atoms with E-state index in [9.17, 15) is 4.79 Å². The first-order chi connectivity index (χ1) is 5.31. The minimum Gasteiger partial charge on any atom is -0.466 e. The van der Waals surface area contributed by atoms with Crippen molar-refractivity contribution in [3.63, 3.8) is 0 Å². The molecule has 0 aromatic rings. The molecule has 0 radical (unpaired) electrons. The molecule has 2 bridgehead atoms. The topological polar surface area (TPSA) is 26.3 Å². The van der Waals surface area contributed by atoms with Gasteiger partial charge in [-0.15, -0.1) is 0 Å². The van der Waals surface area contributed by atoms with Gasteiger partial charge in [0.2, 0.25) is 0 Å². The fraction of sp³-hybridized carbons (Fsp3) is 0.667. The first-order valence-electron chi connectivity index (χ1n) is 4.11. The Morgan fingerprint density at radius 2 is 2.45 bits per heavy atom. The highest BCUT2D eigenvalue weighted by molar-refractivity contribution is 5.89. The summed E-state index contributed by atoms with van der Waals surface area (Å²) in [5, 5.41) is 0. The highest BCUT2D eigenvalue weighted by Crippen LogP contribution is 2.43. The Balaban J connectivity index is 2.16. The van der Waals surface area contributed by atoms with Crippen LogP contribution in [0.1, 0.15) is 19.3 Å². The summed E-state index contributed by atoms with van der Waals surface area (Å²) in [4.78, 5) is 11.1. The van der Waals surface area contributed by atoms with Crippen LogP contribution in [0.5, 0.6) is 0 Å². The predicted molar refractivity (Wildman–Crippen MR) is 40.9 cm³/mol. The van der Waals surface area contributed by atoms with Gasteiger partial charge in [0, 0.05) is 5.57 Å². The number of hydrogen-bond donors (Lipinski definition) is 0. The minimum absolute atomic E-state index is 0.114. The molecule has 0 spiro atoms. The van der Waals surface area contributed by atoms with Crippen molar-refractivity contribution in [3.05, 3.63) is 11.6 Å². The van der Waals surface area contributed by atoms with Gasteiger partial charge in [-0.3, -0.25) is 0 Å². The number of carbonyl (C=O) groups is 1. The maximum Gasteiger partial charge on any atom is 0.333 e. The van der Waals surface area contributed by atoms with Crippen LogP contribution in [0.2, 0.25) is 0 Å². The van der Waals surface area contributed by atoms with E-state index in [0.29, 0.717) is 11.8 Å². The molecule has 11 heavy (non-hydrogen) atoms. The van der Waals surface area contributed by atoms with Crippen molar-refractivity contribution in [1.82, 2.24) is 0 Å². The third kappa shape index (κ3) is 0.971. The number of esters is 1. The number of allylic oxidation sites excluding steroid dienone is 1. The normalized spacial score (nSPS) is 33.7. The molecule has 2 aliphatic rings. The van der Waals surface area contributed by atoms with E-state index in [1.807, 2.05) is 0 Å². The van der Waals surface area contributed by atoms with Crippen LogP contribution < -0.4 is 0 Å². The van der Waals surface area contributed by atoms with Gasteiger partial charge in [0.1, 0.15) is 0 Å². The molecule has 1 fully saturated rings. The van der Waals surface area contributed by atoms with E-state index in [1.165, 1.54) is 26.4 Å². The van der Waals surface area contributed by atoms with Crippen molar-refractivity contribution in [2.24, 2.45) is 11.8 Å². The summed E-state index contributed by atoms with van der Waals surface area (Å²) in [6, 6.07) is 0. The zero-order valence-corrected chi connectivity index (χ0v) is 6.67. The number of methoxy groups -OCH3 is 1. The van der Waals surface area contributed by atoms with Crippen LogP contribution in [-0.4, -0.2) is 13.1 Å². The molecular formula is C9H12O2. The number of ether oxygens (including phenoxy) is 1. The number of hydrogen-bond acceptors (Lipinski definition) is 2. The van der Waals surface area contributed by atoms with E-state index >= 15 is 0 Å². The lowest BCUT2D eigenvalue weighted by molar-refractivity contribution is -0.136. The van der Waals surface area contributed by atoms with Gasteiger partial charge in [-0.1, -0.05) is 6.08 Å². The molecular weight excluding hydrogens is 140 g/mol. The average Bonchev–Trinajstić information content (AvgIpc) is 2.62. The van der Waals surface area contributed by atoms with Crippen LogP contribution in [0.25, 0.3) is 0 Å². The fourth-order valence-electron chi connectivity index (χ4n) is 2.19. The number of rotatable bonds is 1. The second-order valence-corrected chi connectivity index (χ2v) is 3.38. The van der Waals surface area contributed by atoms with Gasteiger partial charge in [0.15, 0.2) is 0 Å². The van der Waals surface area contributed by atoms with E-state index < -0.39 is 0 Å². The van der Waals surface area contributed by atoms with Crippen molar-refractivity contribution in [2.45, 2.75) is 19.3 Å². The summed E-state index contributed by atoms with van der Waals surface area (Å²) in [6.45, 7) is 0. The molecule has 1 unspecified atom stereocenters. The molecule has 0 aromatic heterocycles. The quantitative estimate of drug-likeness (QED) is 0.532. The molecule has 0 heterocycles. The molecule has 0 saturated heterocycles. The lowest BCUT2D eigenvalue weighted by atomic mass is 9.99. The smallest absolute Gasteiger partial charge is 0.333 e. The Morgan fingerprint density at radius 1 is 1.64 bits per heavy atom. The van der Waals surface area contributed by atoms with Crippen molar-refractivity contribution in [1.29, 1.82) is 0 Å². The summed E-state index contributed by atoms with van der Waals surface area (Å²) >= 11 is 0. The molecule has 2 atom stereocenters. The first-order valence-corrected chi connectivity index (χ1v) is 4.11. The Bertz CT molecular complexity index is 218. The zero-order valence-electron chi connectivity index (χ0n) is 6.67. The lowest BCUT2D eigenvalue weighted by Gasteiger charge is -2.09. The first kappa shape index (κ1) is 6.89. The molecule has 0 aromatic carbocycles. The summed E-state index contributed by atoms with van der Waals surface area (Å²) in [6.07, 6.45) is 5.74. The Morgan fingerprint density at radius 3 is 2.91 bits per heavy atom. The van der Waals surface area contributed by atoms with Crippen molar-refractivity contribution >= 4 is 5.97 Å². The van der Waals surface area contributed by atoms with Gasteiger partial charge in [-0.05, 0) is 31.1 Å². The maximum absolute atomic E-state index is 11.1.